The van der Waals surface area contributed by atoms with Crippen LogP contribution in [0.5, 0.6) is 0 Å². The molecule has 1 unspecified atom stereocenters. The number of nitrogens with one attached hydrogen (secondary N) is 1. The third-order valence-electron chi connectivity index (χ3n) is 3.82. The van der Waals surface area contributed by atoms with E-state index in [0.29, 0.717) is 19.0 Å². The van der Waals surface area contributed by atoms with E-state index in [1.807, 2.05) is 0 Å². The van der Waals surface area contributed by atoms with Gasteiger partial charge in [-0.05, 0) is 31.6 Å². The minimum absolute atomic E-state index is 0.0379. The molecule has 0 aromatic carbocycles. The van der Waals surface area contributed by atoms with Crippen LogP contribution in [0.2, 0.25) is 0 Å². The zero-order valence-electron chi connectivity index (χ0n) is 9.04. The standard InChI is InChI=1S/C11H20N2O2/c12-7-11(4-1-5-11)10(15)13-6-9(14)8-2-3-8/h8-9,14H,1-7,12H2,(H,13,15). The Morgan fingerprint density at radius 2 is 2.20 bits per heavy atom. The Kier molecular flexibility index (Phi) is 2.98. The van der Waals surface area contributed by atoms with E-state index in [4.69, 9.17) is 5.73 Å². The number of rotatable bonds is 5. The quantitative estimate of drug-likeness (QED) is 0.600. The molecule has 86 valence electrons. The van der Waals surface area contributed by atoms with Crippen molar-refractivity contribution in [2.45, 2.75) is 38.2 Å². The van der Waals surface area contributed by atoms with Gasteiger partial charge >= 0.3 is 0 Å². The van der Waals surface area contributed by atoms with Crippen molar-refractivity contribution in [2.75, 3.05) is 13.1 Å². The highest BCUT2D eigenvalue weighted by Gasteiger charge is 2.43. The molecule has 0 bridgehead atoms. The fourth-order valence-corrected chi connectivity index (χ4v) is 2.16. The molecule has 2 rings (SSSR count). The molecule has 2 aliphatic carbocycles. The molecule has 4 nitrogen and oxygen atoms in total. The van der Waals surface area contributed by atoms with Crippen LogP contribution in [0.4, 0.5) is 0 Å². The molecule has 0 aromatic heterocycles. The summed E-state index contributed by atoms with van der Waals surface area (Å²) in [5, 5.41) is 12.4. The van der Waals surface area contributed by atoms with E-state index in [1.165, 1.54) is 0 Å². The predicted molar refractivity (Wildman–Crippen MR) is 57.1 cm³/mol. The summed E-state index contributed by atoms with van der Waals surface area (Å²) in [6, 6.07) is 0. The molecule has 2 saturated carbocycles. The molecule has 4 heteroatoms. The van der Waals surface area contributed by atoms with E-state index in [9.17, 15) is 9.90 Å². The first-order chi connectivity index (χ1) is 7.18. The molecule has 0 saturated heterocycles. The predicted octanol–water partition coefficient (Wildman–Crippen LogP) is 0.00250. The normalized spacial score (nSPS) is 25.5. The molecule has 0 radical (unpaired) electrons. The summed E-state index contributed by atoms with van der Waals surface area (Å²) in [5.74, 6) is 0.455. The number of amides is 1. The second-order valence-electron chi connectivity index (χ2n) is 4.95. The lowest BCUT2D eigenvalue weighted by Crippen LogP contribution is -2.51. The maximum atomic E-state index is 11.8. The summed E-state index contributed by atoms with van der Waals surface area (Å²) in [6.07, 6.45) is 4.72. The number of carbonyl (C=O) groups is 1. The van der Waals surface area contributed by atoms with Crippen LogP contribution in [0.25, 0.3) is 0 Å². The first kappa shape index (κ1) is 10.9. The third kappa shape index (κ3) is 2.16. The largest absolute Gasteiger partial charge is 0.391 e. The summed E-state index contributed by atoms with van der Waals surface area (Å²) in [5.41, 5.74) is 5.31. The summed E-state index contributed by atoms with van der Waals surface area (Å²) < 4.78 is 0. The first-order valence-electron chi connectivity index (χ1n) is 5.84. The van der Waals surface area contributed by atoms with E-state index in [-0.39, 0.29) is 17.4 Å². The van der Waals surface area contributed by atoms with Crippen LogP contribution in [0.1, 0.15) is 32.1 Å². The number of hydrogen-bond acceptors (Lipinski definition) is 3. The average molecular weight is 212 g/mol. The summed E-state index contributed by atoms with van der Waals surface area (Å²) in [7, 11) is 0. The van der Waals surface area contributed by atoms with Crippen LogP contribution in [0, 0.1) is 11.3 Å². The molecule has 0 spiro atoms. The Morgan fingerprint density at radius 1 is 1.53 bits per heavy atom. The lowest BCUT2D eigenvalue weighted by molar-refractivity contribution is -0.135. The molecule has 1 atom stereocenters. The molecule has 1 amide bonds. The topological polar surface area (TPSA) is 75.4 Å². The van der Waals surface area contributed by atoms with Gasteiger partial charge in [0.1, 0.15) is 0 Å². The average Bonchev–Trinajstić information content (AvgIpc) is 2.96. The molecule has 4 N–H and O–H groups in total. The Bertz CT molecular complexity index is 241. The van der Waals surface area contributed by atoms with Gasteiger partial charge < -0.3 is 16.2 Å². The molecule has 0 heterocycles. The van der Waals surface area contributed by atoms with E-state index in [0.717, 1.165) is 32.1 Å². The van der Waals surface area contributed by atoms with Gasteiger partial charge in [0.15, 0.2) is 0 Å². The lowest BCUT2D eigenvalue weighted by atomic mass is 9.68. The van der Waals surface area contributed by atoms with Crippen molar-refractivity contribution in [1.29, 1.82) is 0 Å². The van der Waals surface area contributed by atoms with E-state index in [1.54, 1.807) is 0 Å². The van der Waals surface area contributed by atoms with Crippen molar-refractivity contribution in [3.63, 3.8) is 0 Å². The molecule has 0 aromatic rings. The smallest absolute Gasteiger partial charge is 0.227 e. The van der Waals surface area contributed by atoms with Gasteiger partial charge in [-0.25, -0.2) is 0 Å². The molecular formula is C11H20N2O2. The Hall–Kier alpha value is -0.610. The van der Waals surface area contributed by atoms with Gasteiger partial charge in [-0.1, -0.05) is 6.42 Å². The van der Waals surface area contributed by atoms with Gasteiger partial charge in [0.25, 0.3) is 0 Å². The molecular weight excluding hydrogens is 192 g/mol. The number of hydrogen-bond donors (Lipinski definition) is 3. The van der Waals surface area contributed by atoms with Gasteiger partial charge in [-0.2, -0.15) is 0 Å². The Balaban J connectivity index is 1.75. The van der Waals surface area contributed by atoms with E-state index in [2.05, 4.69) is 5.32 Å². The number of aliphatic hydroxyl groups excluding tert-OH is 1. The van der Waals surface area contributed by atoms with Gasteiger partial charge in [0.2, 0.25) is 5.91 Å². The van der Waals surface area contributed by atoms with Crippen LogP contribution in [0.15, 0.2) is 0 Å². The highest BCUT2D eigenvalue weighted by molar-refractivity contribution is 5.83. The SMILES string of the molecule is NCC1(C(=O)NCC(O)C2CC2)CCC1. The van der Waals surface area contributed by atoms with Crippen molar-refractivity contribution < 1.29 is 9.90 Å². The fourth-order valence-electron chi connectivity index (χ4n) is 2.16. The minimum atomic E-state index is -0.358. The van der Waals surface area contributed by atoms with Gasteiger partial charge in [0, 0.05) is 13.1 Å². The van der Waals surface area contributed by atoms with Crippen molar-refractivity contribution >= 4 is 5.91 Å². The van der Waals surface area contributed by atoms with Gasteiger partial charge in [-0.15, -0.1) is 0 Å². The van der Waals surface area contributed by atoms with Gasteiger partial charge in [-0.3, -0.25) is 4.79 Å². The first-order valence-corrected chi connectivity index (χ1v) is 5.84. The Morgan fingerprint density at radius 3 is 2.60 bits per heavy atom. The van der Waals surface area contributed by atoms with Gasteiger partial charge in [0.05, 0.1) is 11.5 Å². The van der Waals surface area contributed by atoms with E-state index >= 15 is 0 Å². The maximum absolute atomic E-state index is 11.8. The fraction of sp³-hybridized carbons (Fsp3) is 0.909. The third-order valence-corrected chi connectivity index (χ3v) is 3.82. The maximum Gasteiger partial charge on any atom is 0.227 e. The van der Waals surface area contributed by atoms with Crippen LogP contribution in [-0.2, 0) is 4.79 Å². The van der Waals surface area contributed by atoms with Crippen molar-refractivity contribution in [2.24, 2.45) is 17.1 Å². The van der Waals surface area contributed by atoms with Crippen LogP contribution < -0.4 is 11.1 Å². The number of nitrogens with two attached hydrogens (primary N) is 1. The monoisotopic (exact) mass is 212 g/mol. The minimum Gasteiger partial charge on any atom is -0.391 e. The number of aliphatic hydroxyl groups is 1. The second kappa shape index (κ2) is 4.10. The summed E-state index contributed by atoms with van der Waals surface area (Å²) >= 11 is 0. The lowest BCUT2D eigenvalue weighted by Gasteiger charge is -2.39. The molecule has 2 aliphatic rings. The van der Waals surface area contributed by atoms with E-state index < -0.39 is 0 Å². The highest BCUT2D eigenvalue weighted by Crippen LogP contribution is 2.40. The van der Waals surface area contributed by atoms with Crippen LogP contribution in [0.3, 0.4) is 0 Å². The molecule has 15 heavy (non-hydrogen) atoms. The molecule has 2 fully saturated rings. The second-order valence-corrected chi connectivity index (χ2v) is 4.95. The summed E-state index contributed by atoms with van der Waals surface area (Å²) in [6.45, 7) is 0.823. The molecule has 0 aliphatic heterocycles. The zero-order valence-corrected chi connectivity index (χ0v) is 9.04. The summed E-state index contributed by atoms with van der Waals surface area (Å²) in [4.78, 5) is 11.8. The Labute approximate surface area is 90.2 Å². The van der Waals surface area contributed by atoms with Crippen molar-refractivity contribution in [3.8, 4) is 0 Å². The zero-order chi connectivity index (χ0) is 10.9. The number of carbonyl (C=O) groups excluding carboxylic acids is 1. The van der Waals surface area contributed by atoms with Crippen LogP contribution >= 0.6 is 0 Å². The van der Waals surface area contributed by atoms with Crippen molar-refractivity contribution in [1.82, 2.24) is 5.32 Å². The van der Waals surface area contributed by atoms with Crippen molar-refractivity contribution in [3.05, 3.63) is 0 Å². The van der Waals surface area contributed by atoms with Crippen LogP contribution in [-0.4, -0.2) is 30.2 Å². The highest BCUT2D eigenvalue weighted by atomic mass is 16.3.